The smallest absolute Gasteiger partial charge is 0.240 e. The van der Waals surface area contributed by atoms with Crippen LogP contribution < -0.4 is 10.6 Å². The molecule has 1 saturated carbocycles. The van der Waals surface area contributed by atoms with Crippen LogP contribution in [0.3, 0.4) is 0 Å². The van der Waals surface area contributed by atoms with Gasteiger partial charge in [0.05, 0.1) is 6.04 Å². The molecule has 0 bridgehead atoms. The van der Waals surface area contributed by atoms with Crippen LogP contribution in [0.4, 0.5) is 5.69 Å². The van der Waals surface area contributed by atoms with Crippen LogP contribution in [0.15, 0.2) is 54.6 Å². The largest absolute Gasteiger partial charge is 0.349 e. The van der Waals surface area contributed by atoms with Gasteiger partial charge in [-0.1, -0.05) is 42.5 Å². The van der Waals surface area contributed by atoms with E-state index in [2.05, 4.69) is 10.6 Å². The molecule has 0 aliphatic heterocycles. The van der Waals surface area contributed by atoms with E-state index >= 15 is 0 Å². The normalized spacial score (nSPS) is 15.6. The zero-order valence-electron chi connectivity index (χ0n) is 14.9. The van der Waals surface area contributed by atoms with Crippen LogP contribution in [-0.4, -0.2) is 17.6 Å². The number of nitrogens with one attached hydrogen (secondary N) is 2. The molecule has 1 unspecified atom stereocenters. The lowest BCUT2D eigenvalue weighted by Gasteiger charge is -2.20. The molecule has 1 fully saturated rings. The molecule has 3 rings (SSSR count). The average molecular weight is 350 g/mol. The molecule has 0 spiro atoms. The van der Waals surface area contributed by atoms with Crippen molar-refractivity contribution in [3.05, 3.63) is 65.7 Å². The third kappa shape index (κ3) is 3.67. The average Bonchev–Trinajstić information content (AvgIpc) is 3.44. The Balaban J connectivity index is 1.68. The van der Waals surface area contributed by atoms with Crippen molar-refractivity contribution in [3.8, 4) is 0 Å². The predicted molar refractivity (Wildman–Crippen MR) is 99.7 cm³/mol. The van der Waals surface area contributed by atoms with Gasteiger partial charge in [0.2, 0.25) is 11.8 Å². The minimum atomic E-state index is -1.02. The number of carbonyl (C=O) groups is 3. The van der Waals surface area contributed by atoms with Crippen LogP contribution in [-0.2, 0) is 9.59 Å². The minimum Gasteiger partial charge on any atom is -0.349 e. The number of hydrogen-bond acceptors (Lipinski definition) is 3. The van der Waals surface area contributed by atoms with Gasteiger partial charge in [-0.3, -0.25) is 14.4 Å². The van der Waals surface area contributed by atoms with Crippen molar-refractivity contribution in [1.29, 1.82) is 0 Å². The summed E-state index contributed by atoms with van der Waals surface area (Å²) < 4.78 is 0. The van der Waals surface area contributed by atoms with E-state index in [0.717, 1.165) is 5.56 Å². The molecule has 1 aliphatic rings. The van der Waals surface area contributed by atoms with Crippen LogP contribution in [0, 0.1) is 5.41 Å². The highest BCUT2D eigenvalue weighted by Crippen LogP contribution is 2.47. The number of rotatable bonds is 6. The lowest BCUT2D eigenvalue weighted by Crippen LogP contribution is -2.41. The first-order valence-electron chi connectivity index (χ1n) is 8.71. The van der Waals surface area contributed by atoms with Gasteiger partial charge in [-0.25, -0.2) is 0 Å². The lowest BCUT2D eigenvalue weighted by atomic mass is 10.0. The fraction of sp³-hybridized carbons (Fsp3) is 0.286. The van der Waals surface area contributed by atoms with Crippen molar-refractivity contribution in [2.75, 3.05) is 5.32 Å². The van der Waals surface area contributed by atoms with Crippen LogP contribution in [0.25, 0.3) is 0 Å². The maximum Gasteiger partial charge on any atom is 0.240 e. The van der Waals surface area contributed by atoms with Gasteiger partial charge < -0.3 is 10.6 Å². The van der Waals surface area contributed by atoms with Crippen LogP contribution in [0.1, 0.15) is 48.7 Å². The number of Topliss-reactive ketones (excluding diaryl/α,β-unsaturated/α-hetero) is 1. The molecule has 5 heteroatoms. The number of amides is 2. The van der Waals surface area contributed by atoms with Crippen LogP contribution in [0.5, 0.6) is 0 Å². The number of benzene rings is 2. The maximum atomic E-state index is 12.7. The van der Waals surface area contributed by atoms with E-state index in [1.165, 1.54) is 6.92 Å². The van der Waals surface area contributed by atoms with E-state index in [4.69, 9.17) is 0 Å². The van der Waals surface area contributed by atoms with Crippen molar-refractivity contribution in [2.45, 2.75) is 32.7 Å². The maximum absolute atomic E-state index is 12.7. The molecule has 26 heavy (non-hydrogen) atoms. The summed E-state index contributed by atoms with van der Waals surface area (Å²) in [5, 5.41) is 5.72. The summed E-state index contributed by atoms with van der Waals surface area (Å²) >= 11 is 0. The summed E-state index contributed by atoms with van der Waals surface area (Å²) in [5.74, 6) is -0.651. The minimum absolute atomic E-state index is 0.0725. The van der Waals surface area contributed by atoms with E-state index in [0.29, 0.717) is 24.1 Å². The Bertz CT molecular complexity index is 841. The SMILES string of the molecule is CC(=O)c1cccc(NC(=O)C2(C(=O)NC(C)c3ccccc3)CC2)c1. The molecule has 1 aliphatic carbocycles. The van der Waals surface area contributed by atoms with Gasteiger partial charge in [-0.05, 0) is 44.4 Å². The molecule has 134 valence electrons. The number of anilines is 1. The molecule has 0 aromatic heterocycles. The van der Waals surface area contributed by atoms with Gasteiger partial charge in [0, 0.05) is 11.3 Å². The van der Waals surface area contributed by atoms with Crippen molar-refractivity contribution in [3.63, 3.8) is 0 Å². The van der Waals surface area contributed by atoms with Crippen LogP contribution in [0.2, 0.25) is 0 Å². The summed E-state index contributed by atoms with van der Waals surface area (Å²) in [6.07, 6.45) is 1.05. The third-order valence-corrected chi connectivity index (χ3v) is 4.79. The molecular formula is C21H22N2O3. The van der Waals surface area contributed by atoms with E-state index in [1.807, 2.05) is 37.3 Å². The highest BCUT2D eigenvalue weighted by Gasteiger charge is 2.56. The Morgan fingerprint density at radius 2 is 1.65 bits per heavy atom. The van der Waals surface area contributed by atoms with Crippen molar-refractivity contribution < 1.29 is 14.4 Å². The van der Waals surface area contributed by atoms with E-state index < -0.39 is 5.41 Å². The van der Waals surface area contributed by atoms with Crippen molar-refractivity contribution in [1.82, 2.24) is 5.32 Å². The molecule has 5 nitrogen and oxygen atoms in total. The van der Waals surface area contributed by atoms with Crippen molar-refractivity contribution in [2.24, 2.45) is 5.41 Å². The summed E-state index contributed by atoms with van der Waals surface area (Å²) in [6, 6.07) is 16.2. The monoisotopic (exact) mass is 350 g/mol. The molecule has 1 atom stereocenters. The first-order chi connectivity index (χ1) is 12.4. The zero-order valence-corrected chi connectivity index (χ0v) is 14.9. The molecule has 0 radical (unpaired) electrons. The Morgan fingerprint density at radius 1 is 0.962 bits per heavy atom. The molecule has 0 saturated heterocycles. The first-order valence-corrected chi connectivity index (χ1v) is 8.71. The fourth-order valence-electron chi connectivity index (χ4n) is 2.91. The van der Waals surface area contributed by atoms with E-state index in [9.17, 15) is 14.4 Å². The second-order valence-corrected chi connectivity index (χ2v) is 6.78. The number of hydrogen-bond donors (Lipinski definition) is 2. The molecule has 2 aromatic rings. The highest BCUT2D eigenvalue weighted by molar-refractivity contribution is 6.13. The Morgan fingerprint density at radius 3 is 2.27 bits per heavy atom. The highest BCUT2D eigenvalue weighted by atomic mass is 16.2. The fourth-order valence-corrected chi connectivity index (χ4v) is 2.91. The number of carbonyl (C=O) groups excluding carboxylic acids is 3. The van der Waals surface area contributed by atoms with Gasteiger partial charge in [0.15, 0.2) is 5.78 Å². The number of ketones is 1. The molecular weight excluding hydrogens is 328 g/mol. The third-order valence-electron chi connectivity index (χ3n) is 4.79. The second kappa shape index (κ2) is 7.12. The first kappa shape index (κ1) is 17.9. The quantitative estimate of drug-likeness (QED) is 0.619. The topological polar surface area (TPSA) is 75.3 Å². The summed E-state index contributed by atoms with van der Waals surface area (Å²) in [7, 11) is 0. The van der Waals surface area contributed by atoms with Gasteiger partial charge >= 0.3 is 0 Å². The Labute approximate surface area is 152 Å². The Kier molecular flexibility index (Phi) is 4.89. The summed E-state index contributed by atoms with van der Waals surface area (Å²) in [4.78, 5) is 36.9. The van der Waals surface area contributed by atoms with Gasteiger partial charge in [0.1, 0.15) is 5.41 Å². The molecule has 2 aromatic carbocycles. The summed E-state index contributed by atoms with van der Waals surface area (Å²) in [6.45, 7) is 3.37. The van der Waals surface area contributed by atoms with Crippen molar-refractivity contribution >= 4 is 23.3 Å². The standard InChI is InChI=1S/C21H22N2O3/c1-14(16-7-4-3-5-8-16)22-19(25)21(11-12-21)20(26)23-18-10-6-9-17(13-18)15(2)24/h3-10,13-14H,11-12H2,1-2H3,(H,22,25)(H,23,26). The lowest BCUT2D eigenvalue weighted by molar-refractivity contribution is -0.134. The Hall–Kier alpha value is -2.95. The predicted octanol–water partition coefficient (Wildman–Crippen LogP) is 3.49. The van der Waals surface area contributed by atoms with Gasteiger partial charge in [0.25, 0.3) is 0 Å². The van der Waals surface area contributed by atoms with Gasteiger partial charge in [-0.2, -0.15) is 0 Å². The van der Waals surface area contributed by atoms with E-state index in [-0.39, 0.29) is 23.6 Å². The second-order valence-electron chi connectivity index (χ2n) is 6.78. The van der Waals surface area contributed by atoms with Crippen LogP contribution >= 0.6 is 0 Å². The molecule has 2 amide bonds. The zero-order chi connectivity index (χ0) is 18.7. The van der Waals surface area contributed by atoms with E-state index in [1.54, 1.807) is 24.3 Å². The molecule has 0 heterocycles. The van der Waals surface area contributed by atoms with Gasteiger partial charge in [-0.15, -0.1) is 0 Å². The summed E-state index contributed by atoms with van der Waals surface area (Å²) in [5.41, 5.74) is 1.02. The molecule has 2 N–H and O–H groups in total.